The minimum Gasteiger partial charge on any atom is -0.346 e. The number of benzene rings is 1. The smallest absolute Gasteiger partial charge is 0.346 e. The summed E-state index contributed by atoms with van der Waals surface area (Å²) in [7, 11) is 0. The summed E-state index contributed by atoms with van der Waals surface area (Å²) in [4.78, 5) is 25.1. The number of carbonyl (C=O) groups is 1. The maximum atomic E-state index is 12.8. The number of carbonyl (C=O) groups excluding carboxylic acids is 1. The fourth-order valence-corrected chi connectivity index (χ4v) is 4.17. The molecule has 1 aliphatic rings. The highest BCUT2D eigenvalue weighted by molar-refractivity contribution is 6.01. The summed E-state index contributed by atoms with van der Waals surface area (Å²) in [6, 6.07) is 9.44. The van der Waals surface area contributed by atoms with E-state index in [0.29, 0.717) is 16.7 Å². The average molecular weight is 422 g/mol. The van der Waals surface area contributed by atoms with Crippen LogP contribution in [0, 0.1) is 6.92 Å². The Labute approximate surface area is 175 Å². The number of rotatable bonds is 3. The van der Waals surface area contributed by atoms with Gasteiger partial charge < -0.3 is 9.88 Å². The van der Waals surface area contributed by atoms with Crippen LogP contribution in [0.1, 0.15) is 21.5 Å². The average Bonchev–Trinajstić information content (AvgIpc) is 3.28. The van der Waals surface area contributed by atoms with Crippen molar-refractivity contribution in [2.24, 2.45) is 0 Å². The molecule has 0 unspecified atom stereocenters. The molecule has 0 saturated heterocycles. The molecule has 5 rings (SSSR count). The Bertz CT molecular complexity index is 1310. The Morgan fingerprint density at radius 3 is 2.61 bits per heavy atom. The van der Waals surface area contributed by atoms with Crippen LogP contribution in [0.4, 0.5) is 13.2 Å². The lowest BCUT2D eigenvalue weighted by atomic mass is 9.96. The lowest BCUT2D eigenvalue weighted by Crippen LogP contribution is -2.34. The van der Waals surface area contributed by atoms with Crippen molar-refractivity contribution in [1.82, 2.24) is 19.9 Å². The summed E-state index contributed by atoms with van der Waals surface area (Å²) in [6.07, 6.45) is 2.62. The van der Waals surface area contributed by atoms with Gasteiger partial charge in [0.2, 0.25) is 0 Å². The van der Waals surface area contributed by atoms with Gasteiger partial charge in [0.15, 0.2) is 0 Å². The molecule has 8 heteroatoms. The number of aromatic amines is 1. The van der Waals surface area contributed by atoms with Crippen LogP contribution < -0.4 is 0 Å². The number of halogens is 3. The zero-order valence-electron chi connectivity index (χ0n) is 16.5. The molecule has 156 valence electrons. The molecule has 3 aromatic heterocycles. The van der Waals surface area contributed by atoms with Crippen molar-refractivity contribution >= 4 is 16.9 Å². The van der Waals surface area contributed by atoms with Crippen molar-refractivity contribution < 1.29 is 18.0 Å². The Hall–Kier alpha value is -3.68. The number of hydrogen-bond donors (Lipinski definition) is 1. The molecule has 4 heterocycles. The summed E-state index contributed by atoms with van der Waals surface area (Å²) in [5, 5.41) is 0.927. The summed E-state index contributed by atoms with van der Waals surface area (Å²) >= 11 is 0. The zero-order valence-corrected chi connectivity index (χ0v) is 16.5. The predicted octanol–water partition coefficient (Wildman–Crippen LogP) is 5.12. The van der Waals surface area contributed by atoms with Crippen molar-refractivity contribution in [1.29, 1.82) is 0 Å². The first-order chi connectivity index (χ1) is 14.8. The van der Waals surface area contributed by atoms with Crippen LogP contribution in [-0.2, 0) is 6.54 Å². The van der Waals surface area contributed by atoms with Gasteiger partial charge in [0.1, 0.15) is 12.2 Å². The van der Waals surface area contributed by atoms with E-state index in [2.05, 4.69) is 15.0 Å². The Balaban J connectivity index is 1.56. The van der Waals surface area contributed by atoms with E-state index in [9.17, 15) is 18.0 Å². The second-order valence-electron chi connectivity index (χ2n) is 7.66. The minimum absolute atomic E-state index is 0.0511. The normalized spacial score (nSPS) is 13.8. The molecule has 0 saturated carbocycles. The number of aromatic nitrogens is 3. The first kappa shape index (κ1) is 19.3. The lowest BCUT2D eigenvalue weighted by molar-refractivity contribution is -0.140. The van der Waals surface area contributed by atoms with Gasteiger partial charge in [-0.15, -0.1) is 0 Å². The predicted molar refractivity (Wildman–Crippen MR) is 110 cm³/mol. The van der Waals surface area contributed by atoms with Gasteiger partial charge in [0.05, 0.1) is 0 Å². The van der Waals surface area contributed by atoms with Gasteiger partial charge in [0.25, 0.3) is 5.91 Å². The van der Waals surface area contributed by atoms with Gasteiger partial charge in [0, 0.05) is 53.4 Å². The highest BCUT2D eigenvalue weighted by atomic mass is 19.4. The van der Waals surface area contributed by atoms with Crippen molar-refractivity contribution in [2.45, 2.75) is 19.6 Å². The van der Waals surface area contributed by atoms with E-state index >= 15 is 0 Å². The molecule has 0 bridgehead atoms. The standard InChI is InChI=1S/C23H17F3N4O/c1-13-6-15(7-17-11-30(12-23(24,25)26)22(31)20(13)17)16-8-18-19(10-29-21(18)28-9-16)14-2-4-27-5-3-14/h2-10H,11-12H2,1H3,(H,28,29). The van der Waals surface area contributed by atoms with Crippen LogP contribution in [-0.4, -0.2) is 38.5 Å². The van der Waals surface area contributed by atoms with Crippen LogP contribution in [0.2, 0.25) is 0 Å². The van der Waals surface area contributed by atoms with Crippen molar-refractivity contribution in [3.63, 3.8) is 0 Å². The van der Waals surface area contributed by atoms with Crippen LogP contribution in [0.3, 0.4) is 0 Å². The van der Waals surface area contributed by atoms with Gasteiger partial charge in [-0.05, 0) is 53.4 Å². The molecular weight excluding hydrogens is 405 g/mol. The maximum Gasteiger partial charge on any atom is 0.406 e. The topological polar surface area (TPSA) is 61.9 Å². The monoisotopic (exact) mass is 422 g/mol. The van der Waals surface area contributed by atoms with Crippen molar-refractivity contribution in [2.75, 3.05) is 6.54 Å². The fraction of sp³-hybridized carbons (Fsp3) is 0.174. The Morgan fingerprint density at radius 2 is 1.87 bits per heavy atom. The molecule has 1 amide bonds. The summed E-state index contributed by atoms with van der Waals surface area (Å²) in [5.74, 6) is -0.574. The third-order valence-electron chi connectivity index (χ3n) is 5.51. The molecule has 0 atom stereocenters. The van der Waals surface area contributed by atoms with Gasteiger partial charge in [-0.3, -0.25) is 9.78 Å². The number of alkyl halides is 3. The van der Waals surface area contributed by atoms with E-state index in [1.54, 1.807) is 31.6 Å². The van der Waals surface area contributed by atoms with E-state index < -0.39 is 18.6 Å². The molecular formula is C23H17F3N4O. The van der Waals surface area contributed by atoms with E-state index in [1.807, 2.05) is 30.5 Å². The Kier molecular flexibility index (Phi) is 4.32. The molecule has 0 radical (unpaired) electrons. The molecule has 0 fully saturated rings. The third-order valence-corrected chi connectivity index (χ3v) is 5.51. The highest BCUT2D eigenvalue weighted by Crippen LogP contribution is 2.35. The number of nitrogens with zero attached hydrogens (tertiary/aromatic N) is 3. The van der Waals surface area contributed by atoms with Crippen LogP contribution in [0.25, 0.3) is 33.3 Å². The van der Waals surface area contributed by atoms with Crippen LogP contribution >= 0.6 is 0 Å². The first-order valence-electron chi connectivity index (χ1n) is 9.67. The minimum atomic E-state index is -4.43. The van der Waals surface area contributed by atoms with Crippen LogP contribution in [0.15, 0.2) is 55.1 Å². The molecule has 0 aliphatic carbocycles. The summed E-state index contributed by atoms with van der Waals surface area (Å²) in [5.41, 5.74) is 5.98. The van der Waals surface area contributed by atoms with Crippen molar-refractivity contribution in [3.8, 4) is 22.3 Å². The van der Waals surface area contributed by atoms with E-state index in [1.165, 1.54) is 0 Å². The molecule has 1 aliphatic heterocycles. The number of H-pyrrole nitrogens is 1. The third kappa shape index (κ3) is 3.43. The number of pyridine rings is 2. The SMILES string of the molecule is Cc1cc(-c2cnc3[nH]cc(-c4ccncc4)c3c2)cc2c1C(=O)N(CC(F)(F)F)C2. The van der Waals surface area contributed by atoms with Gasteiger partial charge >= 0.3 is 6.18 Å². The fourth-order valence-electron chi connectivity index (χ4n) is 4.17. The first-order valence-corrected chi connectivity index (χ1v) is 9.67. The largest absolute Gasteiger partial charge is 0.406 e. The van der Waals surface area contributed by atoms with Crippen molar-refractivity contribution in [3.05, 3.63) is 71.8 Å². The molecule has 0 spiro atoms. The highest BCUT2D eigenvalue weighted by Gasteiger charge is 2.38. The van der Waals surface area contributed by atoms with Gasteiger partial charge in [-0.25, -0.2) is 4.98 Å². The van der Waals surface area contributed by atoms with Gasteiger partial charge in [-0.1, -0.05) is 6.07 Å². The van der Waals surface area contributed by atoms with Crippen LogP contribution in [0.5, 0.6) is 0 Å². The quantitative estimate of drug-likeness (QED) is 0.499. The molecule has 31 heavy (non-hydrogen) atoms. The number of fused-ring (bicyclic) bond motifs is 2. The second kappa shape index (κ2) is 6.94. The number of amides is 1. The molecule has 4 aromatic rings. The van der Waals surface area contributed by atoms with E-state index in [4.69, 9.17) is 0 Å². The molecule has 1 aromatic carbocycles. The number of hydrogen-bond acceptors (Lipinski definition) is 3. The summed E-state index contributed by atoms with van der Waals surface area (Å²) in [6.45, 7) is 0.452. The second-order valence-corrected chi connectivity index (χ2v) is 7.66. The zero-order chi connectivity index (χ0) is 21.8. The Morgan fingerprint density at radius 1 is 1.10 bits per heavy atom. The number of aryl methyl sites for hydroxylation is 1. The molecule has 5 nitrogen and oxygen atoms in total. The maximum absolute atomic E-state index is 12.8. The molecule has 1 N–H and O–H groups in total. The van der Waals surface area contributed by atoms with E-state index in [-0.39, 0.29) is 6.54 Å². The van der Waals surface area contributed by atoms with E-state index in [0.717, 1.165) is 38.2 Å². The van der Waals surface area contributed by atoms with Gasteiger partial charge in [-0.2, -0.15) is 13.2 Å². The lowest BCUT2D eigenvalue weighted by Gasteiger charge is -2.17. The number of nitrogens with one attached hydrogen (secondary N) is 1. The summed E-state index contributed by atoms with van der Waals surface area (Å²) < 4.78 is 38.5.